The largest absolute Gasteiger partial charge is 0.480 e. The van der Waals surface area contributed by atoms with Gasteiger partial charge < -0.3 is 9.64 Å². The molecule has 0 spiro atoms. The number of nitrogens with zero attached hydrogens (tertiary/aromatic N) is 3. The van der Waals surface area contributed by atoms with E-state index < -0.39 is 0 Å². The standard InChI is InChI=1S/C13H14BrN3O/c1-9-4-6-10(7-5-9)17(2)13-15-8-11(14)12(16-13)18-3/h4-8H,1-3H3. The van der Waals surface area contributed by atoms with Crippen molar-refractivity contribution in [3.8, 4) is 5.88 Å². The van der Waals surface area contributed by atoms with E-state index in [2.05, 4.69) is 45.0 Å². The summed E-state index contributed by atoms with van der Waals surface area (Å²) in [6.07, 6.45) is 1.69. The lowest BCUT2D eigenvalue weighted by Gasteiger charge is -2.17. The highest BCUT2D eigenvalue weighted by Gasteiger charge is 2.10. The molecular formula is C13H14BrN3O. The first-order valence-electron chi connectivity index (χ1n) is 5.48. The lowest BCUT2D eigenvalue weighted by atomic mass is 10.2. The molecule has 4 nitrogen and oxygen atoms in total. The molecule has 1 heterocycles. The highest BCUT2D eigenvalue weighted by Crippen LogP contribution is 2.26. The quantitative estimate of drug-likeness (QED) is 0.872. The van der Waals surface area contributed by atoms with Crippen molar-refractivity contribution in [2.24, 2.45) is 0 Å². The zero-order valence-electron chi connectivity index (χ0n) is 10.5. The number of halogens is 1. The molecule has 0 bridgehead atoms. The Morgan fingerprint density at radius 1 is 1.22 bits per heavy atom. The lowest BCUT2D eigenvalue weighted by molar-refractivity contribution is 0.394. The third kappa shape index (κ3) is 2.61. The molecule has 5 heteroatoms. The Bertz CT molecular complexity index is 542. The number of hydrogen-bond donors (Lipinski definition) is 0. The summed E-state index contributed by atoms with van der Waals surface area (Å²) in [5.41, 5.74) is 2.26. The number of anilines is 2. The van der Waals surface area contributed by atoms with Crippen molar-refractivity contribution >= 4 is 27.6 Å². The molecule has 0 aliphatic heterocycles. The second-order valence-electron chi connectivity index (χ2n) is 3.92. The molecule has 18 heavy (non-hydrogen) atoms. The van der Waals surface area contributed by atoms with Crippen molar-refractivity contribution in [1.29, 1.82) is 0 Å². The summed E-state index contributed by atoms with van der Waals surface area (Å²) in [5.74, 6) is 1.12. The fourth-order valence-electron chi connectivity index (χ4n) is 1.53. The molecule has 0 aliphatic rings. The van der Waals surface area contributed by atoms with Crippen molar-refractivity contribution in [1.82, 2.24) is 9.97 Å². The molecule has 0 unspecified atom stereocenters. The van der Waals surface area contributed by atoms with Crippen molar-refractivity contribution in [3.63, 3.8) is 0 Å². The first kappa shape index (κ1) is 12.8. The summed E-state index contributed by atoms with van der Waals surface area (Å²) in [5, 5.41) is 0. The topological polar surface area (TPSA) is 38.2 Å². The summed E-state index contributed by atoms with van der Waals surface area (Å²) < 4.78 is 5.91. The van der Waals surface area contributed by atoms with Gasteiger partial charge in [-0.1, -0.05) is 17.7 Å². The number of benzene rings is 1. The number of rotatable bonds is 3. The predicted molar refractivity (Wildman–Crippen MR) is 75.5 cm³/mol. The summed E-state index contributed by atoms with van der Waals surface area (Å²) in [6, 6.07) is 8.18. The lowest BCUT2D eigenvalue weighted by Crippen LogP contribution is -2.13. The minimum absolute atomic E-state index is 0.527. The Morgan fingerprint density at radius 3 is 2.50 bits per heavy atom. The number of methoxy groups -OCH3 is 1. The van der Waals surface area contributed by atoms with Crippen LogP contribution >= 0.6 is 15.9 Å². The molecule has 0 aliphatic carbocycles. The normalized spacial score (nSPS) is 10.2. The number of aromatic nitrogens is 2. The molecule has 1 aromatic heterocycles. The molecule has 94 valence electrons. The van der Waals surface area contributed by atoms with Crippen molar-refractivity contribution in [2.45, 2.75) is 6.92 Å². The second-order valence-corrected chi connectivity index (χ2v) is 4.78. The van der Waals surface area contributed by atoms with Crippen LogP contribution in [0.15, 0.2) is 34.9 Å². The zero-order valence-corrected chi connectivity index (χ0v) is 12.1. The summed E-state index contributed by atoms with van der Waals surface area (Å²) >= 11 is 3.34. The van der Waals surface area contributed by atoms with Gasteiger partial charge in [0.2, 0.25) is 11.8 Å². The van der Waals surface area contributed by atoms with E-state index >= 15 is 0 Å². The highest BCUT2D eigenvalue weighted by atomic mass is 79.9. The van der Waals surface area contributed by atoms with Crippen LogP contribution in [0, 0.1) is 6.92 Å². The van der Waals surface area contributed by atoms with Crippen LogP contribution in [-0.4, -0.2) is 24.1 Å². The maximum absolute atomic E-state index is 5.17. The van der Waals surface area contributed by atoms with Gasteiger partial charge in [0.1, 0.15) is 0 Å². The molecule has 0 atom stereocenters. The Kier molecular flexibility index (Phi) is 3.81. The van der Waals surface area contributed by atoms with Gasteiger partial charge in [-0.25, -0.2) is 4.98 Å². The number of aryl methyl sites for hydroxylation is 1. The molecule has 1 aromatic carbocycles. The average Bonchev–Trinajstić information content (AvgIpc) is 2.39. The maximum atomic E-state index is 5.17. The summed E-state index contributed by atoms with van der Waals surface area (Å²) in [4.78, 5) is 10.5. The second kappa shape index (κ2) is 5.35. The maximum Gasteiger partial charge on any atom is 0.232 e. The molecule has 0 amide bonds. The van der Waals surface area contributed by atoms with E-state index in [9.17, 15) is 0 Å². The molecule has 0 radical (unpaired) electrons. The molecule has 0 saturated carbocycles. The number of ether oxygens (including phenoxy) is 1. The van der Waals surface area contributed by atoms with Crippen LogP contribution in [0.3, 0.4) is 0 Å². The van der Waals surface area contributed by atoms with Gasteiger partial charge >= 0.3 is 0 Å². The van der Waals surface area contributed by atoms with Gasteiger partial charge in [0.15, 0.2) is 0 Å². The van der Waals surface area contributed by atoms with Gasteiger partial charge in [0.25, 0.3) is 0 Å². The smallest absolute Gasteiger partial charge is 0.232 e. The van der Waals surface area contributed by atoms with E-state index in [0.29, 0.717) is 11.8 Å². The van der Waals surface area contributed by atoms with E-state index in [1.54, 1.807) is 13.3 Å². The Morgan fingerprint density at radius 2 is 1.89 bits per heavy atom. The van der Waals surface area contributed by atoms with Gasteiger partial charge in [0.05, 0.1) is 17.8 Å². The minimum Gasteiger partial charge on any atom is -0.480 e. The van der Waals surface area contributed by atoms with Crippen LogP contribution in [0.5, 0.6) is 5.88 Å². The average molecular weight is 308 g/mol. The van der Waals surface area contributed by atoms with Gasteiger partial charge in [-0.15, -0.1) is 0 Å². The van der Waals surface area contributed by atoms with E-state index in [1.807, 2.05) is 24.1 Å². The van der Waals surface area contributed by atoms with E-state index in [-0.39, 0.29) is 0 Å². The third-order valence-corrected chi connectivity index (χ3v) is 3.16. The monoisotopic (exact) mass is 307 g/mol. The molecule has 0 saturated heterocycles. The summed E-state index contributed by atoms with van der Waals surface area (Å²) in [6.45, 7) is 2.06. The van der Waals surface area contributed by atoms with Crippen molar-refractivity contribution in [2.75, 3.05) is 19.1 Å². The van der Waals surface area contributed by atoms with Crippen LogP contribution in [0.2, 0.25) is 0 Å². The Labute approximate surface area is 115 Å². The predicted octanol–water partition coefficient (Wildman–Crippen LogP) is 3.32. The Hall–Kier alpha value is -1.62. The van der Waals surface area contributed by atoms with Crippen molar-refractivity contribution in [3.05, 3.63) is 40.5 Å². The first-order valence-corrected chi connectivity index (χ1v) is 6.28. The highest BCUT2D eigenvalue weighted by molar-refractivity contribution is 9.10. The summed E-state index contributed by atoms with van der Waals surface area (Å²) in [7, 11) is 3.51. The van der Waals surface area contributed by atoms with E-state index in [4.69, 9.17) is 4.74 Å². The molecule has 2 rings (SSSR count). The van der Waals surface area contributed by atoms with Crippen LogP contribution in [0.1, 0.15) is 5.56 Å². The van der Waals surface area contributed by atoms with Crippen LogP contribution in [-0.2, 0) is 0 Å². The molecular weight excluding hydrogens is 294 g/mol. The van der Waals surface area contributed by atoms with E-state index in [0.717, 1.165) is 10.2 Å². The molecule has 0 N–H and O–H groups in total. The van der Waals surface area contributed by atoms with Crippen LogP contribution in [0.25, 0.3) is 0 Å². The van der Waals surface area contributed by atoms with Gasteiger partial charge in [0, 0.05) is 12.7 Å². The van der Waals surface area contributed by atoms with Crippen molar-refractivity contribution < 1.29 is 4.74 Å². The van der Waals surface area contributed by atoms with Gasteiger partial charge in [-0.05, 0) is 35.0 Å². The fraction of sp³-hybridized carbons (Fsp3) is 0.231. The van der Waals surface area contributed by atoms with Crippen LogP contribution in [0.4, 0.5) is 11.6 Å². The fourth-order valence-corrected chi connectivity index (χ4v) is 1.88. The zero-order chi connectivity index (χ0) is 13.1. The van der Waals surface area contributed by atoms with Crippen LogP contribution < -0.4 is 9.64 Å². The van der Waals surface area contributed by atoms with E-state index in [1.165, 1.54) is 5.56 Å². The van der Waals surface area contributed by atoms with Gasteiger partial charge in [-0.3, -0.25) is 0 Å². The SMILES string of the molecule is COc1nc(N(C)c2ccc(C)cc2)ncc1Br. The minimum atomic E-state index is 0.527. The molecule has 0 fully saturated rings. The Balaban J connectivity index is 2.33. The van der Waals surface area contributed by atoms with Gasteiger partial charge in [-0.2, -0.15) is 4.98 Å². The number of hydrogen-bond acceptors (Lipinski definition) is 4. The third-order valence-electron chi connectivity index (χ3n) is 2.61. The first-order chi connectivity index (χ1) is 8.61. The molecule has 2 aromatic rings.